The van der Waals surface area contributed by atoms with Crippen LogP contribution in [0.5, 0.6) is 0 Å². The van der Waals surface area contributed by atoms with Crippen LogP contribution in [0.2, 0.25) is 0 Å². The number of hydrogen-bond acceptors (Lipinski definition) is 3. The van der Waals surface area contributed by atoms with Crippen LogP contribution in [0.15, 0.2) is 0 Å². The van der Waals surface area contributed by atoms with Crippen LogP contribution in [0.4, 0.5) is 0 Å². The second-order valence-corrected chi connectivity index (χ2v) is 5.78. The zero-order chi connectivity index (χ0) is 12.8. The predicted molar refractivity (Wildman–Crippen MR) is 61.9 cm³/mol. The van der Waals surface area contributed by atoms with Gasteiger partial charge in [-0.2, -0.15) is 0 Å². The quantitative estimate of drug-likeness (QED) is 0.546. The third-order valence-corrected chi connectivity index (χ3v) is 5.17. The molecule has 1 rings (SSSR count). The van der Waals surface area contributed by atoms with E-state index in [4.69, 9.17) is 4.74 Å². The van der Waals surface area contributed by atoms with Crippen molar-refractivity contribution >= 4 is 11.8 Å². The van der Waals surface area contributed by atoms with Crippen LogP contribution >= 0.6 is 0 Å². The Hall–Kier alpha value is -0.860. The average molecular weight is 226 g/mol. The number of ether oxygens (including phenoxy) is 1. The van der Waals surface area contributed by atoms with Gasteiger partial charge in [0.1, 0.15) is 6.42 Å². The minimum Gasteiger partial charge on any atom is -0.466 e. The molecule has 0 radical (unpaired) electrons. The number of rotatable bonds is 4. The molecule has 92 valence electrons. The molecule has 1 aliphatic rings. The SMILES string of the molecule is CCOC(=O)CC(=O)C1(C)C(C)(C)C1(C)C. The van der Waals surface area contributed by atoms with E-state index in [-0.39, 0.29) is 23.0 Å². The second-order valence-electron chi connectivity index (χ2n) is 5.78. The minimum atomic E-state index is -0.410. The summed E-state index contributed by atoms with van der Waals surface area (Å²) in [6, 6.07) is 0. The molecular formula is C13H22O3. The average Bonchev–Trinajstić information content (AvgIpc) is 2.45. The van der Waals surface area contributed by atoms with Crippen molar-refractivity contribution in [2.24, 2.45) is 16.2 Å². The van der Waals surface area contributed by atoms with E-state index in [0.717, 1.165) is 0 Å². The van der Waals surface area contributed by atoms with E-state index < -0.39 is 11.4 Å². The van der Waals surface area contributed by atoms with Gasteiger partial charge in [0.2, 0.25) is 0 Å². The molecule has 0 aromatic carbocycles. The third kappa shape index (κ3) is 1.40. The van der Waals surface area contributed by atoms with Gasteiger partial charge in [-0.15, -0.1) is 0 Å². The number of ketones is 1. The van der Waals surface area contributed by atoms with Crippen LogP contribution in [-0.4, -0.2) is 18.4 Å². The fourth-order valence-electron chi connectivity index (χ4n) is 2.81. The van der Waals surface area contributed by atoms with Crippen LogP contribution in [0.1, 0.15) is 48.0 Å². The van der Waals surface area contributed by atoms with E-state index in [2.05, 4.69) is 27.7 Å². The van der Waals surface area contributed by atoms with Crippen LogP contribution in [-0.2, 0) is 14.3 Å². The van der Waals surface area contributed by atoms with E-state index in [1.807, 2.05) is 6.92 Å². The first-order chi connectivity index (χ1) is 7.13. The summed E-state index contributed by atoms with van der Waals surface area (Å²) in [6.45, 7) is 12.3. The molecule has 3 nitrogen and oxygen atoms in total. The van der Waals surface area contributed by atoms with Crippen molar-refractivity contribution in [2.45, 2.75) is 48.0 Å². The number of Topliss-reactive ketones (excluding diaryl/α,β-unsaturated/α-hetero) is 1. The molecule has 0 unspecified atom stereocenters. The van der Waals surface area contributed by atoms with Crippen LogP contribution in [0.3, 0.4) is 0 Å². The van der Waals surface area contributed by atoms with E-state index >= 15 is 0 Å². The van der Waals surface area contributed by atoms with Gasteiger partial charge in [-0.3, -0.25) is 9.59 Å². The predicted octanol–water partition coefficient (Wildman–Crippen LogP) is 2.58. The molecule has 3 heteroatoms. The van der Waals surface area contributed by atoms with Gasteiger partial charge in [0.05, 0.1) is 6.61 Å². The van der Waals surface area contributed by atoms with Crippen molar-refractivity contribution < 1.29 is 14.3 Å². The standard InChI is InChI=1S/C13H22O3/c1-7-16-10(15)8-9(14)13(6)11(2,3)12(13,4)5/h7-8H2,1-6H3. The Bertz CT molecular complexity index is 312. The highest BCUT2D eigenvalue weighted by Gasteiger charge is 2.77. The zero-order valence-electron chi connectivity index (χ0n) is 11.1. The topological polar surface area (TPSA) is 43.4 Å². The summed E-state index contributed by atoms with van der Waals surface area (Å²) in [4.78, 5) is 23.4. The number of esters is 1. The highest BCUT2D eigenvalue weighted by atomic mass is 16.5. The van der Waals surface area contributed by atoms with Crippen molar-refractivity contribution in [3.05, 3.63) is 0 Å². The first kappa shape index (κ1) is 13.2. The summed E-state index contributed by atoms with van der Waals surface area (Å²) < 4.78 is 4.81. The van der Waals surface area contributed by atoms with E-state index in [9.17, 15) is 9.59 Å². The van der Waals surface area contributed by atoms with Crippen molar-refractivity contribution in [3.63, 3.8) is 0 Å². The number of carbonyl (C=O) groups excluding carboxylic acids is 2. The summed E-state index contributed by atoms with van der Waals surface area (Å²) in [5.74, 6) is -0.409. The summed E-state index contributed by atoms with van der Waals surface area (Å²) in [5.41, 5.74) is -0.514. The van der Waals surface area contributed by atoms with Gasteiger partial charge in [0.15, 0.2) is 5.78 Å². The normalized spacial score (nSPS) is 23.6. The van der Waals surface area contributed by atoms with E-state index in [0.29, 0.717) is 6.61 Å². The summed E-state index contributed by atoms with van der Waals surface area (Å²) in [6.07, 6.45) is -0.100. The Balaban J connectivity index is 2.74. The Morgan fingerprint density at radius 3 is 1.75 bits per heavy atom. The molecule has 1 saturated carbocycles. The molecule has 0 heterocycles. The van der Waals surface area contributed by atoms with Crippen molar-refractivity contribution in [1.29, 1.82) is 0 Å². The molecule has 0 atom stereocenters. The number of carbonyl (C=O) groups is 2. The maximum atomic E-state index is 12.1. The fraction of sp³-hybridized carbons (Fsp3) is 0.846. The molecule has 0 amide bonds. The van der Waals surface area contributed by atoms with Crippen LogP contribution < -0.4 is 0 Å². The van der Waals surface area contributed by atoms with Crippen molar-refractivity contribution in [3.8, 4) is 0 Å². The Morgan fingerprint density at radius 2 is 1.44 bits per heavy atom. The Labute approximate surface area is 97.5 Å². The molecule has 0 bridgehead atoms. The molecule has 0 spiro atoms. The Kier molecular flexibility index (Phi) is 2.95. The van der Waals surface area contributed by atoms with E-state index in [1.54, 1.807) is 6.92 Å². The lowest BCUT2D eigenvalue weighted by Crippen LogP contribution is -2.23. The zero-order valence-corrected chi connectivity index (χ0v) is 11.1. The van der Waals surface area contributed by atoms with E-state index in [1.165, 1.54) is 0 Å². The van der Waals surface area contributed by atoms with Crippen molar-refractivity contribution in [2.75, 3.05) is 6.61 Å². The largest absolute Gasteiger partial charge is 0.466 e. The monoisotopic (exact) mass is 226 g/mol. The lowest BCUT2D eigenvalue weighted by molar-refractivity contribution is -0.146. The lowest BCUT2D eigenvalue weighted by atomic mass is 9.90. The molecule has 0 N–H and O–H groups in total. The highest BCUT2D eigenvalue weighted by Crippen LogP contribution is 2.78. The van der Waals surface area contributed by atoms with Gasteiger partial charge >= 0.3 is 5.97 Å². The highest BCUT2D eigenvalue weighted by molar-refractivity contribution is 6.01. The van der Waals surface area contributed by atoms with Gasteiger partial charge in [0.25, 0.3) is 0 Å². The summed E-state index contributed by atoms with van der Waals surface area (Å²) in [7, 11) is 0. The maximum absolute atomic E-state index is 12.1. The van der Waals surface area contributed by atoms with Gasteiger partial charge in [-0.25, -0.2) is 0 Å². The second kappa shape index (κ2) is 3.57. The van der Waals surface area contributed by atoms with Crippen LogP contribution in [0, 0.1) is 16.2 Å². The molecule has 0 saturated heterocycles. The van der Waals surface area contributed by atoms with Gasteiger partial charge in [0, 0.05) is 5.41 Å². The maximum Gasteiger partial charge on any atom is 0.313 e. The fourth-order valence-corrected chi connectivity index (χ4v) is 2.81. The molecule has 16 heavy (non-hydrogen) atoms. The molecule has 1 fully saturated rings. The minimum absolute atomic E-state index is 0.000880. The first-order valence-electron chi connectivity index (χ1n) is 5.82. The Morgan fingerprint density at radius 1 is 1.00 bits per heavy atom. The van der Waals surface area contributed by atoms with Crippen LogP contribution in [0.25, 0.3) is 0 Å². The molecule has 0 aromatic heterocycles. The summed E-state index contributed by atoms with van der Waals surface area (Å²) in [5, 5.41) is 0. The summed E-state index contributed by atoms with van der Waals surface area (Å²) >= 11 is 0. The first-order valence-corrected chi connectivity index (χ1v) is 5.82. The third-order valence-electron chi connectivity index (χ3n) is 5.17. The van der Waals surface area contributed by atoms with Gasteiger partial charge < -0.3 is 4.74 Å². The van der Waals surface area contributed by atoms with Crippen molar-refractivity contribution in [1.82, 2.24) is 0 Å². The smallest absolute Gasteiger partial charge is 0.313 e. The molecular weight excluding hydrogens is 204 g/mol. The molecule has 0 aromatic rings. The molecule has 0 aliphatic heterocycles. The lowest BCUT2D eigenvalue weighted by Gasteiger charge is -2.13. The molecule has 1 aliphatic carbocycles. The number of hydrogen-bond donors (Lipinski definition) is 0. The van der Waals surface area contributed by atoms with Gasteiger partial charge in [-0.05, 0) is 17.8 Å². The van der Waals surface area contributed by atoms with Gasteiger partial charge in [-0.1, -0.05) is 34.6 Å².